The molecule has 24 heteroatoms. The number of halogens is 1. The Bertz CT molecular complexity index is 3830. The minimum Gasteiger partial charge on any atom is -0.491 e. The number of aryl methyl sites for hydroxylation is 2. The number of piperazine rings is 1. The lowest BCUT2D eigenvalue weighted by molar-refractivity contribution is -0.145. The number of hydrogen-bond donors (Lipinski definition) is 5. The first-order chi connectivity index (χ1) is 43.3. The summed E-state index contributed by atoms with van der Waals surface area (Å²) >= 11 is 4.41. The number of nitrogens with one attached hydrogen (secondary N) is 3. The van der Waals surface area contributed by atoms with Crippen LogP contribution in [0.3, 0.4) is 0 Å². The maximum absolute atomic E-state index is 15.3. The number of thiazole rings is 3. The van der Waals surface area contributed by atoms with Crippen molar-refractivity contribution in [3.63, 3.8) is 0 Å². The van der Waals surface area contributed by atoms with Gasteiger partial charge in [-0.2, -0.15) is 0 Å². The smallest absolute Gasteiger partial charge is 0.355 e. The fourth-order valence-corrected chi connectivity index (χ4v) is 15.1. The fourth-order valence-electron chi connectivity index (χ4n) is 12.3. The number of fused-ring (bicyclic) bond motifs is 2. The first-order valence-corrected chi connectivity index (χ1v) is 33.3. The number of anilines is 4. The van der Waals surface area contributed by atoms with Crippen molar-refractivity contribution in [2.24, 2.45) is 17.3 Å². The van der Waals surface area contributed by atoms with Gasteiger partial charge in [0.1, 0.15) is 12.1 Å². The molecule has 1 saturated carbocycles. The van der Waals surface area contributed by atoms with Crippen molar-refractivity contribution in [1.82, 2.24) is 50.5 Å². The second kappa shape index (κ2) is 27.7. The van der Waals surface area contributed by atoms with Gasteiger partial charge in [-0.25, -0.2) is 24.1 Å². The third kappa shape index (κ3) is 14.5. The quantitative estimate of drug-likeness (QED) is 0.0396. The van der Waals surface area contributed by atoms with Gasteiger partial charge in [-0.15, -0.1) is 32.9 Å². The Morgan fingerprint density at radius 3 is 2.36 bits per heavy atom. The normalized spacial score (nSPS) is 19.4. The lowest BCUT2D eigenvalue weighted by atomic mass is 9.80. The van der Waals surface area contributed by atoms with E-state index in [1.54, 1.807) is 34.8 Å². The van der Waals surface area contributed by atoms with Crippen molar-refractivity contribution in [3.8, 4) is 28.0 Å². The zero-order valence-electron chi connectivity index (χ0n) is 51.4. The molecular weight excluding hydrogens is 1200 g/mol. The average Bonchev–Trinajstić information content (AvgIpc) is 1.45. The minimum absolute atomic E-state index is 0.0251. The summed E-state index contributed by atoms with van der Waals surface area (Å²) in [5.41, 5.74) is 7.32. The summed E-state index contributed by atoms with van der Waals surface area (Å²) in [7, 11) is 0. The molecule has 7 heterocycles. The monoisotopic (exact) mass is 1280 g/mol. The van der Waals surface area contributed by atoms with E-state index in [4.69, 9.17) is 4.74 Å². The maximum Gasteiger partial charge on any atom is 0.355 e. The van der Waals surface area contributed by atoms with E-state index >= 15 is 4.39 Å². The van der Waals surface area contributed by atoms with E-state index in [1.807, 2.05) is 105 Å². The van der Waals surface area contributed by atoms with Crippen molar-refractivity contribution >= 4 is 95.7 Å². The first-order valence-electron chi connectivity index (χ1n) is 30.8. The van der Waals surface area contributed by atoms with Crippen LogP contribution in [0.2, 0.25) is 0 Å². The van der Waals surface area contributed by atoms with E-state index in [1.165, 1.54) is 22.3 Å². The van der Waals surface area contributed by atoms with E-state index in [0.717, 1.165) is 61.0 Å². The summed E-state index contributed by atoms with van der Waals surface area (Å²) in [5.74, 6) is 4.30. The summed E-state index contributed by atoms with van der Waals surface area (Å²) in [5, 5.41) is 40.7. The van der Waals surface area contributed by atoms with Crippen LogP contribution in [0.15, 0.2) is 72.2 Å². The SMILES string of the molecule is Cc1ncsc1-c1ccc([C@H](C)NC(=O)[C@@H]2C[C@@H](O)CN2C(=O)[C@@H](NC(=O)C2CCC(C(=O)N3CCN(CC#Cc4ccc(OCCCc5sc(N6CCCc7c6nnc(Nc6nc8ccccc8s6)c7C)nc5C(=O)O)c(F)c4)CC3)CC2)C(C)(C)C)cc1. The van der Waals surface area contributed by atoms with Crippen molar-refractivity contribution in [2.75, 3.05) is 62.6 Å². The highest BCUT2D eigenvalue weighted by molar-refractivity contribution is 7.22. The van der Waals surface area contributed by atoms with Crippen molar-refractivity contribution in [3.05, 3.63) is 117 Å². The highest BCUT2D eigenvalue weighted by atomic mass is 32.1. The lowest BCUT2D eigenvalue weighted by Gasteiger charge is -2.38. The third-order valence-corrected chi connectivity index (χ3v) is 20.5. The molecule has 20 nitrogen and oxygen atoms in total. The van der Waals surface area contributed by atoms with Gasteiger partial charge >= 0.3 is 5.97 Å². The van der Waals surface area contributed by atoms with Crippen LogP contribution in [0.1, 0.15) is 122 Å². The number of aliphatic hydroxyl groups excluding tert-OH is 1. The number of carboxylic acids is 1. The number of aliphatic hydroxyl groups is 1. The molecule has 7 aromatic rings. The molecule has 0 bridgehead atoms. The molecule has 2 saturated heterocycles. The number of hydrogen-bond acceptors (Lipinski definition) is 18. The number of carbonyl (C=O) groups excluding carboxylic acids is 4. The van der Waals surface area contributed by atoms with Gasteiger partial charge in [0.15, 0.2) is 39.2 Å². The van der Waals surface area contributed by atoms with Crippen LogP contribution in [0.4, 0.5) is 26.3 Å². The van der Waals surface area contributed by atoms with Crippen LogP contribution < -0.4 is 25.6 Å². The summed E-state index contributed by atoms with van der Waals surface area (Å²) < 4.78 is 22.2. The van der Waals surface area contributed by atoms with E-state index in [0.29, 0.717) is 105 Å². The molecule has 3 aromatic carbocycles. The van der Waals surface area contributed by atoms with Gasteiger partial charge < -0.3 is 45.6 Å². The minimum atomic E-state index is -1.13. The van der Waals surface area contributed by atoms with Gasteiger partial charge in [-0.05, 0) is 119 Å². The number of benzene rings is 3. The number of carbonyl (C=O) groups is 5. The molecule has 1 aliphatic carbocycles. The Kier molecular flexibility index (Phi) is 19.5. The summed E-state index contributed by atoms with van der Waals surface area (Å²) in [6.07, 6.45) is 3.67. The van der Waals surface area contributed by atoms with Crippen LogP contribution in [0, 0.1) is 48.8 Å². The van der Waals surface area contributed by atoms with E-state index in [9.17, 15) is 34.2 Å². The standard InChI is InChI=1S/C66H75FN12O8S3/c1-38-47-13-10-28-78(58(47)75-74-57(38)73-64-70-49-14-7-8-15-52(49)89-64)65-71-54(63(85)86)53(90-65)16-11-33-87-51-26-17-41(34-48(51)67)12-9-27-76-29-31-77(32-30-76)61(83)45-24-22-44(23-25-45)59(81)72-56(66(4,5)6)62(84)79-36-46(80)35-50(79)60(82)69-39(2)42-18-20-43(21-19-42)55-40(3)68-37-88-55/h7-8,14-15,17-21,26,34,37,39,44-46,50,56,80H,10-11,13,16,22-25,27-33,35-36H2,1-6H3,(H,69,82)(H,72,81)(H,85,86)(H,70,73,74)/t39-,44?,45?,46+,50-,56+/m0/s1. The fraction of sp³-hybridized carbons (Fsp3) is 0.455. The Hall–Kier alpha value is -7.95. The van der Waals surface area contributed by atoms with Crippen LogP contribution in [0.25, 0.3) is 20.7 Å². The van der Waals surface area contributed by atoms with Crippen LogP contribution >= 0.6 is 34.0 Å². The van der Waals surface area contributed by atoms with Crippen molar-refractivity contribution < 1.29 is 43.3 Å². The predicted octanol–water partition coefficient (Wildman–Crippen LogP) is 9.63. The Morgan fingerprint density at radius 2 is 1.64 bits per heavy atom. The number of aromatic carboxylic acids is 1. The van der Waals surface area contributed by atoms with E-state index in [-0.39, 0.29) is 66.6 Å². The Labute approximate surface area is 534 Å². The van der Waals surface area contributed by atoms with Crippen molar-refractivity contribution in [2.45, 2.75) is 124 Å². The number of likely N-dealkylation sites (tertiary alicyclic amines) is 1. The molecule has 3 fully saturated rings. The van der Waals surface area contributed by atoms with Crippen LogP contribution in [-0.2, 0) is 32.0 Å². The highest BCUT2D eigenvalue weighted by Crippen LogP contribution is 2.40. The zero-order valence-corrected chi connectivity index (χ0v) is 53.8. The molecule has 0 unspecified atom stereocenters. The van der Waals surface area contributed by atoms with Crippen LogP contribution in [-0.4, -0.2) is 150 Å². The number of carboxylic acid groups (broad SMARTS) is 1. The Balaban J connectivity index is 0.602. The Morgan fingerprint density at radius 1 is 0.889 bits per heavy atom. The number of para-hydroxylation sites is 1. The maximum atomic E-state index is 15.3. The van der Waals surface area contributed by atoms with Gasteiger partial charge in [-0.1, -0.05) is 80.3 Å². The molecule has 4 aliphatic rings. The zero-order chi connectivity index (χ0) is 63.4. The summed E-state index contributed by atoms with van der Waals surface area (Å²) in [6.45, 7) is 15.0. The van der Waals surface area contributed by atoms with Gasteiger partial charge in [0.05, 0.1) is 51.6 Å². The van der Waals surface area contributed by atoms with Gasteiger partial charge in [0, 0.05) is 79.1 Å². The summed E-state index contributed by atoms with van der Waals surface area (Å²) in [4.78, 5) is 91.1. The van der Waals surface area contributed by atoms with Gasteiger partial charge in [0.2, 0.25) is 23.6 Å². The molecule has 4 aromatic heterocycles. The molecule has 4 atom stereocenters. The second-order valence-electron chi connectivity index (χ2n) is 24.8. The molecule has 0 radical (unpaired) electrons. The number of amides is 4. The summed E-state index contributed by atoms with van der Waals surface area (Å²) in [6, 6.07) is 18.2. The number of ether oxygens (including phenoxy) is 1. The van der Waals surface area contributed by atoms with Gasteiger partial charge in [0.25, 0.3) is 0 Å². The molecule has 0 spiro atoms. The average molecular weight is 1280 g/mol. The molecule has 5 N–H and O–H groups in total. The molecule has 4 amide bonds. The molecule has 11 rings (SSSR count). The molecule has 90 heavy (non-hydrogen) atoms. The number of nitrogens with zero attached hydrogens (tertiary/aromatic N) is 9. The molecule has 3 aliphatic heterocycles. The van der Waals surface area contributed by atoms with Crippen LogP contribution in [0.5, 0.6) is 5.75 Å². The first kappa shape index (κ1) is 63.6. The highest BCUT2D eigenvalue weighted by Gasteiger charge is 2.46. The van der Waals surface area contributed by atoms with E-state index < -0.39 is 41.3 Å². The topological polar surface area (TPSA) is 249 Å². The largest absolute Gasteiger partial charge is 0.491 e. The number of β-amino-alcohol motifs (C(OH)–C–C–N with tert-alkyl or cyclic N) is 1. The number of rotatable bonds is 18. The molecular formula is C66H75FN12O8S3. The number of aromatic nitrogens is 5. The third-order valence-electron chi connectivity index (χ3n) is 17.5. The molecule has 472 valence electrons. The predicted molar refractivity (Wildman–Crippen MR) is 346 cm³/mol. The second-order valence-corrected chi connectivity index (χ2v) is 27.7. The van der Waals surface area contributed by atoms with Crippen molar-refractivity contribution in [1.29, 1.82) is 0 Å². The van der Waals surface area contributed by atoms with Gasteiger partial charge in [-0.3, -0.25) is 24.1 Å². The van der Waals surface area contributed by atoms with E-state index in [2.05, 4.69) is 57.8 Å². The lowest BCUT2D eigenvalue weighted by Crippen LogP contribution is -2.58.